The molecule has 0 saturated heterocycles. The normalized spacial score (nSPS) is 13.1. The first kappa shape index (κ1) is 54.0. The number of fused-ring (bicyclic) bond motifs is 8. The minimum atomic E-state index is -0.119. The van der Waals surface area contributed by atoms with E-state index in [9.17, 15) is 0 Å². The standard InChI is InChI=1S/C64H88O4/c1-17-21-25-29-65-57-45-33-47-39-54(62(8,9)10)41-49(58(47)66-30-26-22-18-2)35-51-43-56(64(14,15)16)44-52(60(51)68-32-28-24-20-4)36-50-42-55(63(11,12)13)40-48(59(50)67-31-27-23-19-3)34-46(57)38-53(37-45)61(5,6)7/h17-20,37-44H,1-4,21-36H2,5-16H3. The molecule has 1 aliphatic carbocycles. The Morgan fingerprint density at radius 1 is 0.324 bits per heavy atom. The predicted molar refractivity (Wildman–Crippen MR) is 291 cm³/mol. The molecule has 4 aromatic carbocycles. The Morgan fingerprint density at radius 2 is 0.485 bits per heavy atom. The van der Waals surface area contributed by atoms with Crippen molar-refractivity contribution in [2.24, 2.45) is 0 Å². The summed E-state index contributed by atoms with van der Waals surface area (Å²) < 4.78 is 28.4. The van der Waals surface area contributed by atoms with Crippen LogP contribution in [-0.2, 0) is 47.3 Å². The van der Waals surface area contributed by atoms with Crippen LogP contribution >= 0.6 is 0 Å². The lowest BCUT2D eigenvalue weighted by Gasteiger charge is -2.29. The van der Waals surface area contributed by atoms with Crippen LogP contribution in [0.25, 0.3) is 0 Å². The molecule has 0 atom stereocenters. The fraction of sp³-hybridized carbons (Fsp3) is 0.500. The van der Waals surface area contributed by atoms with Crippen molar-refractivity contribution in [1.82, 2.24) is 0 Å². The van der Waals surface area contributed by atoms with Gasteiger partial charge < -0.3 is 18.9 Å². The summed E-state index contributed by atoms with van der Waals surface area (Å²) in [4.78, 5) is 0. The Labute approximate surface area is 414 Å². The smallest absolute Gasteiger partial charge is 0.126 e. The largest absolute Gasteiger partial charge is 0.493 e. The van der Waals surface area contributed by atoms with E-state index in [4.69, 9.17) is 18.9 Å². The molecule has 0 N–H and O–H groups in total. The zero-order chi connectivity index (χ0) is 49.9. The molecule has 0 heterocycles. The third-order valence-corrected chi connectivity index (χ3v) is 13.2. The van der Waals surface area contributed by atoms with Gasteiger partial charge in [0.25, 0.3) is 0 Å². The van der Waals surface area contributed by atoms with Crippen LogP contribution in [0.1, 0.15) is 201 Å². The summed E-state index contributed by atoms with van der Waals surface area (Å²) in [6, 6.07) is 19.3. The second-order valence-corrected chi connectivity index (χ2v) is 23.3. The van der Waals surface area contributed by atoms with Crippen molar-refractivity contribution in [3.63, 3.8) is 0 Å². The van der Waals surface area contributed by atoms with E-state index >= 15 is 0 Å². The summed E-state index contributed by atoms with van der Waals surface area (Å²) >= 11 is 0. The summed E-state index contributed by atoms with van der Waals surface area (Å²) in [5.74, 6) is 3.85. The average molecular weight is 921 g/mol. The van der Waals surface area contributed by atoms with Gasteiger partial charge in [-0.2, -0.15) is 0 Å². The fourth-order valence-electron chi connectivity index (χ4n) is 8.97. The molecule has 4 nitrogen and oxygen atoms in total. The number of hydrogen-bond acceptors (Lipinski definition) is 4. The number of benzene rings is 4. The molecular weight excluding hydrogens is 833 g/mol. The molecule has 5 rings (SSSR count). The maximum absolute atomic E-state index is 7.10. The van der Waals surface area contributed by atoms with Crippen LogP contribution in [0.4, 0.5) is 0 Å². The monoisotopic (exact) mass is 921 g/mol. The average Bonchev–Trinajstić information content (AvgIpc) is 3.24. The van der Waals surface area contributed by atoms with Crippen LogP contribution in [0.15, 0.2) is 99.2 Å². The van der Waals surface area contributed by atoms with Gasteiger partial charge in [-0.1, -0.05) is 156 Å². The van der Waals surface area contributed by atoms with Gasteiger partial charge in [-0.3, -0.25) is 0 Å². The summed E-state index contributed by atoms with van der Waals surface area (Å²) in [6.07, 6.45) is 17.7. The van der Waals surface area contributed by atoms with E-state index in [2.05, 4.69) is 158 Å². The molecule has 4 heteroatoms. The molecular formula is C64H88O4. The molecule has 0 aliphatic heterocycles. The lowest BCUT2D eigenvalue weighted by molar-refractivity contribution is 0.299. The van der Waals surface area contributed by atoms with Crippen LogP contribution in [0.5, 0.6) is 23.0 Å². The molecule has 68 heavy (non-hydrogen) atoms. The van der Waals surface area contributed by atoms with Crippen molar-refractivity contribution < 1.29 is 18.9 Å². The van der Waals surface area contributed by atoms with Gasteiger partial charge in [0.2, 0.25) is 0 Å². The first-order valence-electron chi connectivity index (χ1n) is 25.7. The van der Waals surface area contributed by atoms with Crippen molar-refractivity contribution in [2.45, 2.75) is 182 Å². The Bertz CT molecular complexity index is 1940. The topological polar surface area (TPSA) is 36.9 Å². The molecule has 0 amide bonds. The molecule has 0 unspecified atom stereocenters. The van der Waals surface area contributed by atoms with E-state index in [-0.39, 0.29) is 21.7 Å². The van der Waals surface area contributed by atoms with E-state index < -0.39 is 0 Å². The molecule has 8 bridgehead atoms. The summed E-state index contributed by atoms with van der Waals surface area (Å²) in [6.45, 7) is 46.4. The quantitative estimate of drug-likeness (QED) is 0.0576. The van der Waals surface area contributed by atoms with E-state index in [1.807, 2.05) is 24.3 Å². The third-order valence-electron chi connectivity index (χ3n) is 13.2. The van der Waals surface area contributed by atoms with E-state index in [1.54, 1.807) is 0 Å². The van der Waals surface area contributed by atoms with Gasteiger partial charge in [0, 0.05) is 25.7 Å². The number of hydrogen-bond donors (Lipinski definition) is 0. The summed E-state index contributed by atoms with van der Waals surface area (Å²) in [7, 11) is 0. The van der Waals surface area contributed by atoms with Gasteiger partial charge in [0.15, 0.2) is 0 Å². The van der Waals surface area contributed by atoms with Crippen molar-refractivity contribution in [3.05, 3.63) is 166 Å². The molecule has 0 radical (unpaired) electrons. The van der Waals surface area contributed by atoms with Gasteiger partial charge in [-0.25, -0.2) is 0 Å². The summed E-state index contributed by atoms with van der Waals surface area (Å²) in [5, 5.41) is 0. The van der Waals surface area contributed by atoms with Gasteiger partial charge in [0.1, 0.15) is 23.0 Å². The Kier molecular flexibility index (Phi) is 18.7. The molecule has 1 aliphatic rings. The van der Waals surface area contributed by atoms with Crippen LogP contribution in [0.3, 0.4) is 0 Å². The predicted octanol–water partition coefficient (Wildman–Crippen LogP) is 16.9. The maximum atomic E-state index is 7.10. The highest BCUT2D eigenvalue weighted by molar-refractivity contribution is 5.60. The fourth-order valence-corrected chi connectivity index (χ4v) is 8.97. The molecule has 0 spiro atoms. The summed E-state index contributed by atoms with van der Waals surface area (Å²) in [5.41, 5.74) is 14.1. The van der Waals surface area contributed by atoms with Crippen molar-refractivity contribution in [2.75, 3.05) is 26.4 Å². The number of unbranched alkanes of at least 4 members (excludes halogenated alkanes) is 4. The van der Waals surface area contributed by atoms with Crippen molar-refractivity contribution in [1.29, 1.82) is 0 Å². The Morgan fingerprint density at radius 3 is 0.618 bits per heavy atom. The van der Waals surface area contributed by atoms with Crippen molar-refractivity contribution in [3.8, 4) is 23.0 Å². The van der Waals surface area contributed by atoms with Gasteiger partial charge in [-0.05, 0) is 140 Å². The number of ether oxygens (including phenoxy) is 4. The van der Waals surface area contributed by atoms with Crippen LogP contribution in [-0.4, -0.2) is 26.4 Å². The molecule has 0 saturated carbocycles. The molecule has 4 aromatic rings. The van der Waals surface area contributed by atoms with Crippen LogP contribution in [0, 0.1) is 0 Å². The second kappa shape index (κ2) is 23.6. The Balaban J connectivity index is 2.00. The lowest BCUT2D eigenvalue weighted by Crippen LogP contribution is -2.18. The Hall–Kier alpha value is -4.96. The van der Waals surface area contributed by atoms with Crippen LogP contribution < -0.4 is 18.9 Å². The number of allylic oxidation sites excluding steroid dienone is 4. The van der Waals surface area contributed by atoms with Gasteiger partial charge in [0.05, 0.1) is 26.4 Å². The van der Waals surface area contributed by atoms with Crippen LogP contribution in [0.2, 0.25) is 0 Å². The van der Waals surface area contributed by atoms with Gasteiger partial charge in [-0.15, -0.1) is 26.3 Å². The zero-order valence-corrected chi connectivity index (χ0v) is 44.7. The highest BCUT2D eigenvalue weighted by Gasteiger charge is 2.29. The highest BCUT2D eigenvalue weighted by atomic mass is 16.5. The number of rotatable bonds is 20. The van der Waals surface area contributed by atoms with E-state index in [0.717, 1.165) is 74.4 Å². The molecule has 0 fully saturated rings. The minimum absolute atomic E-state index is 0.119. The highest BCUT2D eigenvalue weighted by Crippen LogP contribution is 2.44. The third kappa shape index (κ3) is 14.5. The van der Waals surface area contributed by atoms with Gasteiger partial charge >= 0.3 is 0 Å². The van der Waals surface area contributed by atoms with E-state index in [0.29, 0.717) is 52.1 Å². The van der Waals surface area contributed by atoms with Crippen molar-refractivity contribution >= 4 is 0 Å². The first-order chi connectivity index (χ1) is 32.1. The second-order valence-electron chi connectivity index (χ2n) is 23.3. The molecule has 0 aromatic heterocycles. The van der Waals surface area contributed by atoms with E-state index in [1.165, 1.54) is 66.8 Å². The minimum Gasteiger partial charge on any atom is -0.493 e. The first-order valence-corrected chi connectivity index (χ1v) is 25.7. The molecule has 368 valence electrons. The maximum Gasteiger partial charge on any atom is 0.126 e. The zero-order valence-electron chi connectivity index (χ0n) is 44.7. The SMILES string of the molecule is C=CCCCOc1c2cc(C(C)(C)C)cc1Cc1cc(C(C)(C)C)cc(c1OCCCC=C)Cc1cc(C(C)(C)C)cc(c1OCCCC=C)Cc1cc(C(C)(C)C)cc(c1OCCCC=C)C2. The lowest BCUT2D eigenvalue weighted by atomic mass is 9.79.